The summed E-state index contributed by atoms with van der Waals surface area (Å²) in [6.07, 6.45) is 15.5. The van der Waals surface area contributed by atoms with Gasteiger partial charge in [0.1, 0.15) is 0 Å². The van der Waals surface area contributed by atoms with Crippen LogP contribution in [0.1, 0.15) is 36.8 Å². The zero-order chi connectivity index (χ0) is 22.2. The van der Waals surface area contributed by atoms with Crippen LogP contribution in [0.4, 0.5) is 0 Å². The van der Waals surface area contributed by atoms with Crippen molar-refractivity contribution in [1.82, 2.24) is 24.5 Å². The van der Waals surface area contributed by atoms with E-state index in [0.29, 0.717) is 5.92 Å². The lowest BCUT2D eigenvalue weighted by molar-refractivity contribution is -0.124. The molecule has 7 nitrogen and oxygen atoms in total. The predicted octanol–water partition coefficient (Wildman–Crippen LogP) is 3.67. The lowest BCUT2D eigenvalue weighted by Gasteiger charge is -2.32. The molecular formula is C25H28N6O. The van der Waals surface area contributed by atoms with Gasteiger partial charge in [0.2, 0.25) is 0 Å². The number of nitrogens with zero attached hydrogens (tertiary/aromatic N) is 6. The van der Waals surface area contributed by atoms with Crippen molar-refractivity contribution < 1.29 is 4.79 Å². The van der Waals surface area contributed by atoms with Crippen molar-refractivity contribution in [2.45, 2.75) is 33.6 Å². The number of hydrogen-bond donors (Lipinski definition) is 0. The number of allylic oxidation sites excluding steroid dienone is 6. The van der Waals surface area contributed by atoms with Gasteiger partial charge in [0.05, 0.1) is 40.2 Å². The fourth-order valence-electron chi connectivity index (χ4n) is 4.60. The van der Waals surface area contributed by atoms with Crippen molar-refractivity contribution in [3.05, 3.63) is 71.5 Å². The van der Waals surface area contributed by atoms with E-state index in [1.54, 1.807) is 6.08 Å². The summed E-state index contributed by atoms with van der Waals surface area (Å²) in [4.78, 5) is 20.2. The molecule has 32 heavy (non-hydrogen) atoms. The minimum Gasteiger partial charge on any atom is -0.304 e. The van der Waals surface area contributed by atoms with Gasteiger partial charge in [-0.3, -0.25) is 9.78 Å². The first-order chi connectivity index (χ1) is 15.5. The molecular weight excluding hydrogens is 400 g/mol. The molecule has 0 atom stereocenters. The van der Waals surface area contributed by atoms with E-state index in [2.05, 4.69) is 28.0 Å². The van der Waals surface area contributed by atoms with E-state index < -0.39 is 0 Å². The Morgan fingerprint density at radius 1 is 1.12 bits per heavy atom. The van der Waals surface area contributed by atoms with E-state index in [1.165, 1.54) is 5.01 Å². The van der Waals surface area contributed by atoms with Crippen molar-refractivity contribution in [3.8, 4) is 0 Å². The van der Waals surface area contributed by atoms with Gasteiger partial charge in [-0.1, -0.05) is 19.1 Å². The summed E-state index contributed by atoms with van der Waals surface area (Å²) in [5, 5.41) is 11.0. The van der Waals surface area contributed by atoms with E-state index in [4.69, 9.17) is 5.10 Å². The third-order valence-electron chi connectivity index (χ3n) is 6.42. The maximum atomic E-state index is 13.2. The smallest absolute Gasteiger partial charge is 0.272 e. The van der Waals surface area contributed by atoms with Gasteiger partial charge in [0, 0.05) is 17.6 Å². The first-order valence-electron chi connectivity index (χ1n) is 11.3. The summed E-state index contributed by atoms with van der Waals surface area (Å²) in [5.74, 6) is 0.233. The zero-order valence-corrected chi connectivity index (χ0v) is 18.8. The van der Waals surface area contributed by atoms with Crippen LogP contribution in [0, 0.1) is 19.8 Å². The fourth-order valence-corrected chi connectivity index (χ4v) is 4.60. The largest absolute Gasteiger partial charge is 0.304 e. The number of aryl methyl sites for hydroxylation is 2. The number of carbonyl (C=O) groups excluding carboxylic acids is 1. The van der Waals surface area contributed by atoms with Gasteiger partial charge in [-0.2, -0.15) is 15.2 Å². The number of likely N-dealkylation sites (tertiary alicyclic amines) is 1. The number of carbonyl (C=O) groups is 1. The molecule has 2 aromatic heterocycles. The number of hydrazone groups is 1. The molecule has 0 bridgehead atoms. The second-order valence-electron chi connectivity index (χ2n) is 8.59. The van der Waals surface area contributed by atoms with Crippen LogP contribution in [-0.4, -0.2) is 55.8 Å². The van der Waals surface area contributed by atoms with Gasteiger partial charge in [0.15, 0.2) is 0 Å². The van der Waals surface area contributed by atoms with E-state index in [1.807, 2.05) is 54.9 Å². The monoisotopic (exact) mass is 428 g/mol. The molecule has 0 aliphatic carbocycles. The first kappa shape index (κ1) is 20.6. The second-order valence-corrected chi connectivity index (χ2v) is 8.59. The van der Waals surface area contributed by atoms with Crippen molar-refractivity contribution >= 4 is 22.7 Å². The Bertz CT molecular complexity index is 1220. The molecule has 0 saturated carbocycles. The third-order valence-corrected chi connectivity index (χ3v) is 6.42. The number of piperidine rings is 1. The molecule has 1 fully saturated rings. The van der Waals surface area contributed by atoms with Crippen LogP contribution >= 0.6 is 0 Å². The molecule has 0 spiro atoms. The Balaban J connectivity index is 1.45. The molecule has 164 valence electrons. The van der Waals surface area contributed by atoms with Crippen LogP contribution in [0.3, 0.4) is 0 Å². The van der Waals surface area contributed by atoms with Crippen LogP contribution in [-0.2, 0) is 4.79 Å². The Hall–Kier alpha value is -3.32. The second kappa shape index (κ2) is 8.31. The van der Waals surface area contributed by atoms with Gasteiger partial charge < -0.3 is 4.90 Å². The average Bonchev–Trinajstić information content (AvgIpc) is 3.21. The fraction of sp³-hybridized carbons (Fsp3) is 0.360. The van der Waals surface area contributed by atoms with Crippen LogP contribution in [0.25, 0.3) is 11.1 Å². The summed E-state index contributed by atoms with van der Waals surface area (Å²) >= 11 is 0. The molecule has 0 aromatic carbocycles. The Morgan fingerprint density at radius 2 is 1.94 bits per heavy atom. The molecule has 3 aliphatic heterocycles. The van der Waals surface area contributed by atoms with Crippen LogP contribution in [0.2, 0.25) is 0 Å². The number of fused-ring (bicyclic) bond motifs is 2. The van der Waals surface area contributed by atoms with Crippen molar-refractivity contribution in [3.63, 3.8) is 0 Å². The van der Waals surface area contributed by atoms with Gasteiger partial charge in [-0.25, -0.2) is 4.52 Å². The van der Waals surface area contributed by atoms with Gasteiger partial charge in [-0.15, -0.1) is 0 Å². The molecule has 5 rings (SSSR count). The Kier molecular flexibility index (Phi) is 5.35. The van der Waals surface area contributed by atoms with Crippen LogP contribution in [0.5, 0.6) is 0 Å². The normalized spacial score (nSPS) is 22.7. The topological polar surface area (TPSA) is 66.1 Å². The van der Waals surface area contributed by atoms with E-state index in [-0.39, 0.29) is 5.91 Å². The molecule has 5 heterocycles. The van der Waals surface area contributed by atoms with E-state index >= 15 is 0 Å². The van der Waals surface area contributed by atoms with Gasteiger partial charge in [0.25, 0.3) is 5.91 Å². The van der Waals surface area contributed by atoms with Crippen molar-refractivity contribution in [2.75, 3.05) is 19.6 Å². The van der Waals surface area contributed by atoms with E-state index in [0.717, 1.165) is 72.1 Å². The SMILES string of the molecule is CCN1CCC(C2=NN3C(=O)/C=C(c4cc5c(C)nc(C)cn5n4)\C=C\C=C3C=C2)CC1. The molecule has 2 aromatic rings. The maximum absolute atomic E-state index is 13.2. The quantitative estimate of drug-likeness (QED) is 0.748. The van der Waals surface area contributed by atoms with Gasteiger partial charge in [-0.05, 0) is 70.6 Å². The van der Waals surface area contributed by atoms with Gasteiger partial charge >= 0.3 is 0 Å². The summed E-state index contributed by atoms with van der Waals surface area (Å²) in [6.45, 7) is 9.37. The highest BCUT2D eigenvalue weighted by Gasteiger charge is 2.26. The molecule has 1 saturated heterocycles. The zero-order valence-electron chi connectivity index (χ0n) is 18.8. The Morgan fingerprint density at radius 3 is 2.72 bits per heavy atom. The van der Waals surface area contributed by atoms with Crippen LogP contribution < -0.4 is 0 Å². The molecule has 0 N–H and O–H groups in total. The highest BCUT2D eigenvalue weighted by Crippen LogP contribution is 2.26. The number of rotatable bonds is 3. The highest BCUT2D eigenvalue weighted by atomic mass is 16.2. The lowest BCUT2D eigenvalue weighted by atomic mass is 9.91. The summed E-state index contributed by atoms with van der Waals surface area (Å²) in [6, 6.07) is 1.98. The Labute approximate surface area is 188 Å². The molecule has 7 heteroatoms. The average molecular weight is 429 g/mol. The molecule has 0 unspecified atom stereocenters. The maximum Gasteiger partial charge on any atom is 0.272 e. The highest BCUT2D eigenvalue weighted by molar-refractivity contribution is 6.03. The first-order valence-corrected chi connectivity index (χ1v) is 11.3. The number of hydrogen-bond acceptors (Lipinski definition) is 5. The summed E-state index contributed by atoms with van der Waals surface area (Å²) in [5.41, 5.74) is 6.03. The third kappa shape index (κ3) is 3.84. The van der Waals surface area contributed by atoms with Crippen LogP contribution in [0.15, 0.2) is 59.5 Å². The summed E-state index contributed by atoms with van der Waals surface area (Å²) in [7, 11) is 0. The minimum absolute atomic E-state index is 0.161. The number of aromatic nitrogens is 3. The van der Waals surface area contributed by atoms with Crippen molar-refractivity contribution in [2.24, 2.45) is 11.0 Å². The molecule has 0 radical (unpaired) electrons. The van der Waals surface area contributed by atoms with Crippen molar-refractivity contribution in [1.29, 1.82) is 0 Å². The molecule has 3 aliphatic rings. The standard InChI is InChI=1S/C25H28N6O/c1-4-29-12-10-19(11-13-29)22-9-8-21-7-5-6-20(14-25(32)31(21)28-22)23-15-24-18(3)26-17(2)16-30(24)27-23/h5-9,14-16,19H,4,10-13H2,1-3H3/b6-5+,20-14+,21-7?. The number of amides is 1. The van der Waals surface area contributed by atoms with E-state index in [9.17, 15) is 4.79 Å². The molecule has 1 amide bonds. The lowest BCUT2D eigenvalue weighted by Crippen LogP contribution is -2.37. The minimum atomic E-state index is -0.161. The summed E-state index contributed by atoms with van der Waals surface area (Å²) < 4.78 is 1.83. The predicted molar refractivity (Wildman–Crippen MR) is 126 cm³/mol.